The Hall–Kier alpha value is -5.55. The minimum atomic E-state index is -1.11. The van der Waals surface area contributed by atoms with E-state index in [1.54, 1.807) is 73.0 Å². The number of ether oxygens (including phenoxy) is 2. The van der Waals surface area contributed by atoms with Crippen LogP contribution in [0.5, 0.6) is 11.5 Å². The molecule has 11 heteroatoms. The SMILES string of the molecule is C=CCOC(=O)c1sc(N2C(=O)C(=O)C(=C(O)c3c(C)nc4ccccn34)C2c2cccc(Oc3ccccc3)c2)nc1C. The fourth-order valence-corrected chi connectivity index (χ4v) is 6.11. The van der Waals surface area contributed by atoms with Crippen LogP contribution < -0.4 is 9.64 Å². The summed E-state index contributed by atoms with van der Waals surface area (Å²) in [6, 6.07) is 20.3. The second-order valence-corrected chi connectivity index (χ2v) is 10.9. The van der Waals surface area contributed by atoms with Crippen LogP contribution in [0, 0.1) is 13.8 Å². The van der Waals surface area contributed by atoms with Gasteiger partial charge in [-0.25, -0.2) is 14.8 Å². The highest BCUT2D eigenvalue weighted by Crippen LogP contribution is 2.45. The van der Waals surface area contributed by atoms with E-state index in [1.165, 1.54) is 11.0 Å². The Labute approximate surface area is 256 Å². The number of imidazole rings is 1. The molecule has 0 saturated carbocycles. The zero-order chi connectivity index (χ0) is 31.0. The fraction of sp³-hybridized carbons (Fsp3) is 0.121. The summed E-state index contributed by atoms with van der Waals surface area (Å²) in [6.45, 7) is 6.89. The van der Waals surface area contributed by atoms with Crippen LogP contribution in [0.3, 0.4) is 0 Å². The third-order valence-electron chi connectivity index (χ3n) is 7.03. The molecule has 44 heavy (non-hydrogen) atoms. The maximum Gasteiger partial charge on any atom is 0.350 e. The van der Waals surface area contributed by atoms with E-state index >= 15 is 0 Å². The Kier molecular flexibility index (Phi) is 7.54. The van der Waals surface area contributed by atoms with Gasteiger partial charge < -0.3 is 14.6 Å². The molecule has 0 radical (unpaired) electrons. The zero-order valence-corrected chi connectivity index (χ0v) is 24.6. The molecule has 0 spiro atoms. The molecular weight excluding hydrogens is 580 g/mol. The number of aliphatic hydroxyl groups excluding tert-OH is 1. The van der Waals surface area contributed by atoms with Gasteiger partial charge in [0.05, 0.1) is 23.0 Å². The van der Waals surface area contributed by atoms with E-state index in [0.29, 0.717) is 34.1 Å². The van der Waals surface area contributed by atoms with Crippen molar-refractivity contribution in [2.75, 3.05) is 11.5 Å². The second kappa shape index (κ2) is 11.6. The Morgan fingerprint density at radius 1 is 1.00 bits per heavy atom. The van der Waals surface area contributed by atoms with Gasteiger partial charge in [-0.3, -0.25) is 18.9 Å². The quantitative estimate of drug-likeness (QED) is 0.0732. The topological polar surface area (TPSA) is 123 Å². The van der Waals surface area contributed by atoms with Gasteiger partial charge >= 0.3 is 11.9 Å². The molecule has 0 aliphatic carbocycles. The van der Waals surface area contributed by atoms with E-state index < -0.39 is 23.7 Å². The number of anilines is 1. The molecule has 1 saturated heterocycles. The molecule has 1 aliphatic rings. The van der Waals surface area contributed by atoms with Gasteiger partial charge in [0.25, 0.3) is 5.78 Å². The number of ketones is 1. The summed E-state index contributed by atoms with van der Waals surface area (Å²) in [5.74, 6) is -1.78. The maximum absolute atomic E-state index is 13.8. The van der Waals surface area contributed by atoms with Crippen LogP contribution in [0.1, 0.15) is 38.4 Å². The van der Waals surface area contributed by atoms with Gasteiger partial charge in [0.2, 0.25) is 0 Å². The first kappa shape index (κ1) is 28.6. The third-order valence-corrected chi connectivity index (χ3v) is 8.17. The van der Waals surface area contributed by atoms with Crippen LogP contribution >= 0.6 is 11.3 Å². The number of hydrogen-bond acceptors (Lipinski definition) is 9. The van der Waals surface area contributed by atoms with Gasteiger partial charge in [-0.05, 0) is 55.8 Å². The fourth-order valence-electron chi connectivity index (χ4n) is 5.12. The molecule has 1 atom stereocenters. The summed E-state index contributed by atoms with van der Waals surface area (Å²) < 4.78 is 12.9. The van der Waals surface area contributed by atoms with E-state index in [-0.39, 0.29) is 33.6 Å². The predicted octanol–water partition coefficient (Wildman–Crippen LogP) is 6.17. The highest BCUT2D eigenvalue weighted by Gasteiger charge is 2.49. The number of Topliss-reactive ketones (excluding diaryl/α,β-unsaturated/α-hetero) is 1. The van der Waals surface area contributed by atoms with E-state index in [9.17, 15) is 19.5 Å². The number of pyridine rings is 1. The molecule has 220 valence electrons. The van der Waals surface area contributed by atoms with Crippen molar-refractivity contribution in [3.63, 3.8) is 0 Å². The number of carbonyl (C=O) groups excluding carboxylic acids is 3. The molecule has 1 fully saturated rings. The highest BCUT2D eigenvalue weighted by molar-refractivity contribution is 7.17. The van der Waals surface area contributed by atoms with Crippen molar-refractivity contribution in [2.24, 2.45) is 0 Å². The van der Waals surface area contributed by atoms with Crippen molar-refractivity contribution in [3.05, 3.63) is 125 Å². The monoisotopic (exact) mass is 606 g/mol. The molecule has 5 aromatic rings. The minimum Gasteiger partial charge on any atom is -0.505 e. The van der Waals surface area contributed by atoms with Crippen molar-refractivity contribution >= 4 is 45.5 Å². The van der Waals surface area contributed by atoms with Crippen LogP contribution in [0.15, 0.2) is 97.2 Å². The number of carbonyl (C=O) groups is 3. The Morgan fingerprint density at radius 2 is 1.75 bits per heavy atom. The van der Waals surface area contributed by atoms with Gasteiger partial charge in [-0.1, -0.05) is 60.4 Å². The van der Waals surface area contributed by atoms with E-state index in [1.807, 2.05) is 24.3 Å². The number of esters is 1. The van der Waals surface area contributed by atoms with E-state index in [4.69, 9.17) is 9.47 Å². The van der Waals surface area contributed by atoms with Gasteiger partial charge in [0.15, 0.2) is 10.9 Å². The molecule has 10 nitrogen and oxygen atoms in total. The number of rotatable bonds is 8. The average molecular weight is 607 g/mol. The van der Waals surface area contributed by atoms with Crippen LogP contribution in [0.4, 0.5) is 5.13 Å². The van der Waals surface area contributed by atoms with Crippen molar-refractivity contribution in [1.29, 1.82) is 0 Å². The molecule has 1 aliphatic heterocycles. The van der Waals surface area contributed by atoms with Crippen LogP contribution in [-0.2, 0) is 14.3 Å². The standard InChI is InChI=1S/C33H26N4O6S/c1-4-17-42-32(41)30-20(3)35-33(44-30)37-27(21-11-10-14-23(18-21)43-22-12-6-5-7-13-22)25(29(39)31(37)40)28(38)26-19(2)34-24-15-8-9-16-36(24)26/h4-16,18,27,38H,1,17H2,2-3H3. The third kappa shape index (κ3) is 5.03. The van der Waals surface area contributed by atoms with Gasteiger partial charge in [-0.2, -0.15) is 0 Å². The van der Waals surface area contributed by atoms with Crippen LogP contribution in [-0.4, -0.2) is 43.7 Å². The first-order valence-electron chi connectivity index (χ1n) is 13.6. The molecule has 2 aromatic carbocycles. The molecule has 1 amide bonds. The second-order valence-electron chi connectivity index (χ2n) is 9.93. The van der Waals surface area contributed by atoms with Crippen molar-refractivity contribution in [2.45, 2.75) is 19.9 Å². The summed E-state index contributed by atoms with van der Waals surface area (Å²) in [4.78, 5) is 50.7. The van der Waals surface area contributed by atoms with Crippen molar-refractivity contribution in [3.8, 4) is 11.5 Å². The number of fused-ring (bicyclic) bond motifs is 1. The van der Waals surface area contributed by atoms with Gasteiger partial charge in [0.1, 0.15) is 34.3 Å². The van der Waals surface area contributed by atoms with Crippen molar-refractivity contribution in [1.82, 2.24) is 14.4 Å². The molecule has 1 N–H and O–H groups in total. The number of nitrogens with zero attached hydrogens (tertiary/aromatic N) is 4. The summed E-state index contributed by atoms with van der Waals surface area (Å²) in [7, 11) is 0. The number of aryl methyl sites for hydroxylation is 2. The molecular formula is C33H26N4O6S. The first-order valence-corrected chi connectivity index (χ1v) is 14.4. The summed E-state index contributed by atoms with van der Waals surface area (Å²) >= 11 is 0.923. The lowest BCUT2D eigenvalue weighted by atomic mass is 9.96. The number of aliphatic hydroxyl groups is 1. The number of aromatic nitrogens is 3. The normalized spacial score (nSPS) is 16.0. The molecule has 6 rings (SSSR count). The lowest BCUT2D eigenvalue weighted by Gasteiger charge is -2.23. The van der Waals surface area contributed by atoms with Gasteiger partial charge in [-0.15, -0.1) is 0 Å². The Bertz CT molecular complexity index is 1980. The van der Waals surface area contributed by atoms with Gasteiger partial charge in [0, 0.05) is 6.20 Å². The summed E-state index contributed by atoms with van der Waals surface area (Å²) in [5, 5.41) is 11.9. The minimum absolute atomic E-state index is 0.00286. The van der Waals surface area contributed by atoms with Crippen LogP contribution in [0.2, 0.25) is 0 Å². The Morgan fingerprint density at radius 3 is 2.52 bits per heavy atom. The molecule has 0 bridgehead atoms. The number of thiazole rings is 1. The summed E-state index contributed by atoms with van der Waals surface area (Å²) in [5.41, 5.74) is 1.98. The molecule has 3 aromatic heterocycles. The number of amides is 1. The number of benzene rings is 2. The van der Waals surface area contributed by atoms with Crippen LogP contribution in [0.25, 0.3) is 11.4 Å². The Balaban J connectivity index is 1.53. The maximum atomic E-state index is 13.8. The summed E-state index contributed by atoms with van der Waals surface area (Å²) in [6.07, 6.45) is 3.16. The zero-order valence-electron chi connectivity index (χ0n) is 23.8. The first-order chi connectivity index (χ1) is 21.3. The smallest absolute Gasteiger partial charge is 0.350 e. The van der Waals surface area contributed by atoms with Crippen molar-refractivity contribution < 1.29 is 29.0 Å². The van der Waals surface area contributed by atoms with E-state index in [0.717, 1.165) is 11.3 Å². The molecule has 4 heterocycles. The van der Waals surface area contributed by atoms with E-state index in [2.05, 4.69) is 16.5 Å². The molecule has 1 unspecified atom stereocenters. The average Bonchev–Trinajstić information content (AvgIpc) is 3.66. The highest BCUT2D eigenvalue weighted by atomic mass is 32.1. The lowest BCUT2D eigenvalue weighted by molar-refractivity contribution is -0.132. The number of hydrogen-bond donors (Lipinski definition) is 1. The largest absolute Gasteiger partial charge is 0.505 e. The predicted molar refractivity (Wildman–Crippen MR) is 165 cm³/mol. The number of para-hydroxylation sites is 1. The lowest BCUT2D eigenvalue weighted by Crippen LogP contribution is -2.29.